The molecule has 1 aromatic rings. The minimum atomic E-state index is -0.259. The maximum absolute atomic E-state index is 11.3. The van der Waals surface area contributed by atoms with Gasteiger partial charge < -0.3 is 10.1 Å². The number of nitrogens with one attached hydrogen (secondary N) is 1. The summed E-state index contributed by atoms with van der Waals surface area (Å²) in [6.07, 6.45) is 4.84. The molecule has 21 heavy (non-hydrogen) atoms. The number of rotatable bonds is 3. The van der Waals surface area contributed by atoms with E-state index in [1.807, 2.05) is 0 Å². The summed E-state index contributed by atoms with van der Waals surface area (Å²) in [4.78, 5) is 15.2. The Bertz CT molecular complexity index is 523. The zero-order chi connectivity index (χ0) is 14.7. The molecule has 1 N–H and O–H groups in total. The van der Waals surface area contributed by atoms with Gasteiger partial charge in [0.1, 0.15) is 5.60 Å². The summed E-state index contributed by atoms with van der Waals surface area (Å²) in [6.45, 7) is 3.70. The predicted octanol–water partition coefficient (Wildman–Crippen LogP) is 2.87. The van der Waals surface area contributed by atoms with Crippen molar-refractivity contribution < 1.29 is 9.53 Å². The highest BCUT2D eigenvalue weighted by Crippen LogP contribution is 2.30. The zero-order valence-corrected chi connectivity index (χ0v) is 13.2. The normalized spacial score (nSPS) is 26.4. The molecule has 4 nitrogen and oxygen atoms in total. The van der Waals surface area contributed by atoms with E-state index in [0.717, 1.165) is 38.9 Å². The third kappa shape index (κ3) is 3.35. The molecule has 0 unspecified atom stereocenters. The standard InChI is InChI=1S/C16H22N2O2S/c1-21-14-6-3-2-5-13(14)11-18-9-4-7-16(8-10-18)12-17-15(19)20-16/h2-3,5-6H,4,7-12H2,1H3,(H,17,19)/t16-/m1/s1. The lowest BCUT2D eigenvalue weighted by atomic mass is 9.95. The molecule has 0 saturated carbocycles. The van der Waals surface area contributed by atoms with Gasteiger partial charge in [0.25, 0.3) is 0 Å². The third-order valence-corrected chi connectivity index (χ3v) is 5.28. The number of carbonyl (C=O) groups is 1. The summed E-state index contributed by atoms with van der Waals surface area (Å²) < 4.78 is 5.53. The average molecular weight is 306 g/mol. The summed E-state index contributed by atoms with van der Waals surface area (Å²) in [6, 6.07) is 8.60. The Labute approximate surface area is 130 Å². The SMILES string of the molecule is CSc1ccccc1CN1CCC[C@@]2(CC1)CNC(=O)O2. The fraction of sp³-hybridized carbons (Fsp3) is 0.562. The molecule has 1 spiro atoms. The van der Waals surface area contributed by atoms with Gasteiger partial charge in [0.15, 0.2) is 0 Å². The van der Waals surface area contributed by atoms with Gasteiger partial charge in [0.05, 0.1) is 6.54 Å². The number of alkyl carbamates (subject to hydrolysis) is 1. The van der Waals surface area contributed by atoms with Crippen LogP contribution in [0.3, 0.4) is 0 Å². The van der Waals surface area contributed by atoms with Gasteiger partial charge in [-0.05, 0) is 37.3 Å². The monoisotopic (exact) mass is 306 g/mol. The summed E-state index contributed by atoms with van der Waals surface area (Å²) in [5.41, 5.74) is 1.13. The molecule has 1 aromatic carbocycles. The molecule has 2 aliphatic heterocycles. The fourth-order valence-corrected chi connectivity index (χ4v) is 3.85. The van der Waals surface area contributed by atoms with Crippen LogP contribution in [0.2, 0.25) is 0 Å². The summed E-state index contributed by atoms with van der Waals surface area (Å²) in [7, 11) is 0. The van der Waals surface area contributed by atoms with Crippen molar-refractivity contribution in [1.82, 2.24) is 10.2 Å². The van der Waals surface area contributed by atoms with Crippen LogP contribution in [-0.4, -0.2) is 42.5 Å². The fourth-order valence-electron chi connectivity index (χ4n) is 3.24. The molecule has 114 valence electrons. The molecule has 1 atom stereocenters. The van der Waals surface area contributed by atoms with Crippen LogP contribution in [0, 0.1) is 0 Å². The summed E-state index contributed by atoms with van der Waals surface area (Å²) in [5.74, 6) is 0. The number of benzene rings is 1. The van der Waals surface area contributed by atoms with Crippen LogP contribution < -0.4 is 5.32 Å². The quantitative estimate of drug-likeness (QED) is 0.872. The van der Waals surface area contributed by atoms with Gasteiger partial charge in [-0.25, -0.2) is 4.79 Å². The molecule has 5 heteroatoms. The molecule has 0 aliphatic carbocycles. The molecule has 1 amide bonds. The first-order valence-electron chi connectivity index (χ1n) is 7.52. The van der Waals surface area contributed by atoms with Crippen molar-refractivity contribution in [1.29, 1.82) is 0 Å². The number of thioether (sulfide) groups is 1. The van der Waals surface area contributed by atoms with Crippen LogP contribution in [0.15, 0.2) is 29.2 Å². The molecule has 2 saturated heterocycles. The topological polar surface area (TPSA) is 41.6 Å². The minimum Gasteiger partial charge on any atom is -0.441 e. The highest BCUT2D eigenvalue weighted by Gasteiger charge is 2.41. The van der Waals surface area contributed by atoms with Crippen molar-refractivity contribution in [2.45, 2.75) is 36.3 Å². The van der Waals surface area contributed by atoms with E-state index >= 15 is 0 Å². The number of likely N-dealkylation sites (tertiary alicyclic amines) is 1. The molecule has 0 bridgehead atoms. The van der Waals surface area contributed by atoms with Crippen LogP contribution in [0.5, 0.6) is 0 Å². The van der Waals surface area contributed by atoms with Crippen LogP contribution >= 0.6 is 11.8 Å². The molecule has 2 fully saturated rings. The second-order valence-corrected chi connectivity index (χ2v) is 6.72. The Morgan fingerprint density at radius 3 is 2.95 bits per heavy atom. The predicted molar refractivity (Wildman–Crippen MR) is 84.6 cm³/mol. The molecule has 3 rings (SSSR count). The second kappa shape index (κ2) is 6.28. The average Bonchev–Trinajstić information content (AvgIpc) is 2.74. The lowest BCUT2D eigenvalue weighted by Gasteiger charge is -2.25. The van der Waals surface area contributed by atoms with Crippen molar-refractivity contribution in [3.05, 3.63) is 29.8 Å². The minimum absolute atomic E-state index is 0.254. The Hall–Kier alpha value is -1.20. The summed E-state index contributed by atoms with van der Waals surface area (Å²) >= 11 is 1.80. The molecular weight excluding hydrogens is 284 g/mol. The molecule has 2 heterocycles. The third-order valence-electron chi connectivity index (χ3n) is 4.44. The zero-order valence-electron chi connectivity index (χ0n) is 12.4. The summed E-state index contributed by atoms with van der Waals surface area (Å²) in [5, 5.41) is 2.81. The van der Waals surface area contributed by atoms with Crippen molar-refractivity contribution in [2.75, 3.05) is 25.9 Å². The van der Waals surface area contributed by atoms with Crippen molar-refractivity contribution >= 4 is 17.9 Å². The van der Waals surface area contributed by atoms with E-state index in [0.29, 0.717) is 6.54 Å². The van der Waals surface area contributed by atoms with Gasteiger partial charge in [-0.3, -0.25) is 4.90 Å². The molecule has 0 radical (unpaired) electrons. The van der Waals surface area contributed by atoms with E-state index in [2.05, 4.69) is 40.7 Å². The number of nitrogens with zero attached hydrogens (tertiary/aromatic N) is 1. The number of carbonyl (C=O) groups excluding carboxylic acids is 1. The van der Waals surface area contributed by atoms with Crippen LogP contribution in [0.25, 0.3) is 0 Å². The van der Waals surface area contributed by atoms with E-state index in [9.17, 15) is 4.79 Å². The first kappa shape index (κ1) is 14.7. The van der Waals surface area contributed by atoms with Gasteiger partial charge in [-0.15, -0.1) is 11.8 Å². The number of ether oxygens (including phenoxy) is 1. The highest BCUT2D eigenvalue weighted by molar-refractivity contribution is 7.98. The first-order chi connectivity index (χ1) is 10.2. The van der Waals surface area contributed by atoms with Gasteiger partial charge in [0.2, 0.25) is 0 Å². The van der Waals surface area contributed by atoms with E-state index in [4.69, 9.17) is 4.74 Å². The van der Waals surface area contributed by atoms with Gasteiger partial charge in [-0.1, -0.05) is 18.2 Å². The molecule has 2 aliphatic rings. The largest absolute Gasteiger partial charge is 0.441 e. The Morgan fingerprint density at radius 2 is 2.19 bits per heavy atom. The smallest absolute Gasteiger partial charge is 0.407 e. The lowest BCUT2D eigenvalue weighted by Crippen LogP contribution is -2.34. The van der Waals surface area contributed by atoms with Crippen molar-refractivity contribution in [2.24, 2.45) is 0 Å². The van der Waals surface area contributed by atoms with Crippen molar-refractivity contribution in [3.8, 4) is 0 Å². The number of amides is 1. The van der Waals surface area contributed by atoms with Gasteiger partial charge in [0, 0.05) is 24.4 Å². The van der Waals surface area contributed by atoms with Crippen molar-refractivity contribution in [3.63, 3.8) is 0 Å². The Kier molecular flexibility index (Phi) is 4.40. The first-order valence-corrected chi connectivity index (χ1v) is 8.74. The molecule has 0 aromatic heterocycles. The molecular formula is C16H22N2O2S. The van der Waals surface area contributed by atoms with Crippen LogP contribution in [0.1, 0.15) is 24.8 Å². The number of hydrogen-bond acceptors (Lipinski definition) is 4. The maximum atomic E-state index is 11.3. The van der Waals surface area contributed by atoms with Gasteiger partial charge in [-0.2, -0.15) is 0 Å². The lowest BCUT2D eigenvalue weighted by molar-refractivity contribution is 0.0443. The van der Waals surface area contributed by atoms with Crippen LogP contribution in [-0.2, 0) is 11.3 Å². The van der Waals surface area contributed by atoms with E-state index < -0.39 is 0 Å². The Balaban J connectivity index is 1.64. The van der Waals surface area contributed by atoms with Crippen LogP contribution in [0.4, 0.5) is 4.79 Å². The Morgan fingerprint density at radius 1 is 1.33 bits per heavy atom. The number of hydrogen-bond donors (Lipinski definition) is 1. The maximum Gasteiger partial charge on any atom is 0.407 e. The second-order valence-electron chi connectivity index (χ2n) is 5.87. The highest BCUT2D eigenvalue weighted by atomic mass is 32.2. The van der Waals surface area contributed by atoms with E-state index in [1.165, 1.54) is 10.5 Å². The van der Waals surface area contributed by atoms with E-state index in [1.54, 1.807) is 11.8 Å². The van der Waals surface area contributed by atoms with E-state index in [-0.39, 0.29) is 11.7 Å². The van der Waals surface area contributed by atoms with Gasteiger partial charge >= 0.3 is 6.09 Å².